The molecule has 2 aromatic carbocycles. The first-order valence-corrected chi connectivity index (χ1v) is 13.6. The molecule has 0 bridgehead atoms. The highest BCUT2D eigenvalue weighted by Gasteiger charge is 2.69. The SMILES string of the molecule is Cc1cc(C)cc(-c2cc(N(C)C)c3c(c2O)C(=O)C2C(=O)[C@@]4(O)C(=O)C(C(N)=O)C(=O)[C@H](N(C)C)[C@H]4C[C@H]2C3)c1. The van der Waals surface area contributed by atoms with E-state index in [1.807, 2.05) is 57.1 Å². The summed E-state index contributed by atoms with van der Waals surface area (Å²) in [4.78, 5) is 70.5. The minimum Gasteiger partial charge on any atom is -0.507 e. The quantitative estimate of drug-likeness (QED) is 0.467. The number of primary amides is 1. The maximum Gasteiger partial charge on any atom is 0.235 e. The Kier molecular flexibility index (Phi) is 6.70. The summed E-state index contributed by atoms with van der Waals surface area (Å²) in [6.07, 6.45) is 0.219. The summed E-state index contributed by atoms with van der Waals surface area (Å²) in [6.45, 7) is 3.86. The van der Waals surface area contributed by atoms with Crippen LogP contribution < -0.4 is 10.6 Å². The number of likely N-dealkylation sites (N-methyl/N-ethyl adjacent to an activating group) is 1. The predicted molar refractivity (Wildman–Crippen MR) is 151 cm³/mol. The van der Waals surface area contributed by atoms with Gasteiger partial charge in [-0.15, -0.1) is 0 Å². The lowest BCUT2D eigenvalue weighted by Crippen LogP contribution is -2.74. The largest absolute Gasteiger partial charge is 0.507 e. The van der Waals surface area contributed by atoms with E-state index in [-0.39, 0.29) is 24.2 Å². The van der Waals surface area contributed by atoms with Crippen LogP contribution in [0.25, 0.3) is 11.1 Å². The van der Waals surface area contributed by atoms with Crippen molar-refractivity contribution in [2.24, 2.45) is 29.4 Å². The number of phenols is 1. The summed E-state index contributed by atoms with van der Waals surface area (Å²) >= 11 is 0. The van der Waals surface area contributed by atoms with Crippen LogP contribution in [0.3, 0.4) is 0 Å². The Morgan fingerprint density at radius 3 is 2.12 bits per heavy atom. The number of hydrogen-bond acceptors (Lipinski definition) is 9. The Labute approximate surface area is 238 Å². The van der Waals surface area contributed by atoms with E-state index in [9.17, 15) is 34.2 Å². The van der Waals surface area contributed by atoms with Gasteiger partial charge >= 0.3 is 0 Å². The molecule has 2 fully saturated rings. The van der Waals surface area contributed by atoms with Crippen LogP contribution in [0.5, 0.6) is 5.75 Å². The molecule has 6 atom stereocenters. The zero-order valence-corrected chi connectivity index (χ0v) is 24.0. The molecule has 0 aromatic heterocycles. The Morgan fingerprint density at radius 1 is 0.976 bits per heavy atom. The van der Waals surface area contributed by atoms with Crippen LogP contribution in [0.2, 0.25) is 0 Å². The number of benzene rings is 2. The zero-order valence-electron chi connectivity index (χ0n) is 24.0. The van der Waals surface area contributed by atoms with Gasteiger partial charge < -0.3 is 20.8 Å². The van der Waals surface area contributed by atoms with Gasteiger partial charge in [0.05, 0.1) is 17.5 Å². The molecule has 4 N–H and O–H groups in total. The third-order valence-electron chi connectivity index (χ3n) is 9.05. The van der Waals surface area contributed by atoms with Gasteiger partial charge in [0.1, 0.15) is 5.75 Å². The highest BCUT2D eigenvalue weighted by Crippen LogP contribution is 2.53. The van der Waals surface area contributed by atoms with Gasteiger partial charge in [0, 0.05) is 31.3 Å². The number of nitrogens with zero attached hydrogens (tertiary/aromatic N) is 2. The summed E-state index contributed by atoms with van der Waals surface area (Å²) in [7, 11) is 6.77. The molecule has 1 amide bonds. The Balaban J connectivity index is 1.70. The number of anilines is 1. The molecule has 216 valence electrons. The minimum absolute atomic E-state index is 0.0103. The van der Waals surface area contributed by atoms with Gasteiger partial charge in [-0.2, -0.15) is 0 Å². The van der Waals surface area contributed by atoms with Gasteiger partial charge in [0.15, 0.2) is 34.7 Å². The maximum absolute atomic E-state index is 14.2. The summed E-state index contributed by atoms with van der Waals surface area (Å²) in [5.74, 6) is -10.5. The molecular weight excluding hydrogens is 526 g/mol. The van der Waals surface area contributed by atoms with Crippen molar-refractivity contribution in [3.8, 4) is 16.9 Å². The fourth-order valence-corrected chi connectivity index (χ4v) is 7.40. The molecule has 10 nitrogen and oxygen atoms in total. The van der Waals surface area contributed by atoms with Crippen LogP contribution in [-0.2, 0) is 25.6 Å². The lowest BCUT2D eigenvalue weighted by Gasteiger charge is -2.52. The molecule has 0 spiro atoms. The first-order valence-electron chi connectivity index (χ1n) is 13.6. The third kappa shape index (κ3) is 4.03. The fraction of sp³-hybridized carbons (Fsp3) is 0.452. The number of nitrogens with two attached hydrogens (primary N) is 1. The predicted octanol–water partition coefficient (Wildman–Crippen LogP) is 1.22. The van der Waals surface area contributed by atoms with Crippen LogP contribution in [-0.4, -0.2) is 84.0 Å². The summed E-state index contributed by atoms with van der Waals surface area (Å²) in [5.41, 5.74) is 6.95. The van der Waals surface area contributed by atoms with E-state index < -0.39 is 64.4 Å². The van der Waals surface area contributed by atoms with E-state index in [1.54, 1.807) is 14.1 Å². The molecular formula is C31H35N3O7. The van der Waals surface area contributed by atoms with E-state index in [0.29, 0.717) is 22.4 Å². The van der Waals surface area contributed by atoms with E-state index in [1.165, 1.54) is 4.90 Å². The van der Waals surface area contributed by atoms with Crippen molar-refractivity contribution >= 4 is 34.7 Å². The number of Topliss-reactive ketones (excluding diaryl/α,β-unsaturated/α-hetero) is 4. The van der Waals surface area contributed by atoms with Crippen LogP contribution >= 0.6 is 0 Å². The number of hydrogen-bond donors (Lipinski definition) is 3. The Bertz CT molecular complexity index is 1520. The number of rotatable bonds is 4. The maximum atomic E-state index is 14.2. The number of carbonyl (C=O) groups is 5. The molecule has 2 aromatic rings. The zero-order chi connectivity index (χ0) is 30.3. The molecule has 2 unspecified atom stereocenters. The van der Waals surface area contributed by atoms with Crippen LogP contribution in [0, 0.1) is 37.5 Å². The molecule has 41 heavy (non-hydrogen) atoms. The van der Waals surface area contributed by atoms with Gasteiger partial charge in [0.2, 0.25) is 5.91 Å². The van der Waals surface area contributed by atoms with Crippen LogP contribution in [0.15, 0.2) is 24.3 Å². The molecule has 10 heteroatoms. The van der Waals surface area contributed by atoms with E-state index in [2.05, 4.69) is 0 Å². The molecule has 5 rings (SSSR count). The Morgan fingerprint density at radius 2 is 1.59 bits per heavy atom. The van der Waals surface area contributed by atoms with Gasteiger partial charge in [0.25, 0.3) is 0 Å². The van der Waals surface area contributed by atoms with Crippen molar-refractivity contribution in [1.82, 2.24) is 4.90 Å². The van der Waals surface area contributed by atoms with Gasteiger partial charge in [-0.25, -0.2) is 0 Å². The van der Waals surface area contributed by atoms with Crippen LogP contribution in [0.1, 0.15) is 33.5 Å². The standard InChI is InChI=1S/C31H35N3O7/c1-13-7-14(2)9-15(8-13)17-12-20(33(3)4)18-10-16-11-19-24(34(5)6)27(37)23(30(32)40)29(39)31(19,41)28(38)21(16)26(36)22(18)25(17)35/h7-9,12,16,19,21,23-24,35,41H,10-11H2,1-6H3,(H2,32,40)/t16-,19-,21?,23?,24-,31-/m1/s1. The number of fused-ring (bicyclic) bond motifs is 3. The smallest absolute Gasteiger partial charge is 0.235 e. The summed E-state index contributed by atoms with van der Waals surface area (Å²) < 4.78 is 0. The summed E-state index contributed by atoms with van der Waals surface area (Å²) in [6, 6.07) is 6.47. The van der Waals surface area contributed by atoms with Gasteiger partial charge in [-0.05, 0) is 63.9 Å². The normalized spacial score (nSPS) is 29.2. The number of aromatic hydroxyl groups is 1. The summed E-state index contributed by atoms with van der Waals surface area (Å²) in [5, 5.41) is 23.3. The molecule has 0 aliphatic heterocycles. The number of aryl methyl sites for hydroxylation is 2. The van der Waals surface area contributed by atoms with E-state index in [0.717, 1.165) is 11.1 Å². The first-order chi connectivity index (χ1) is 19.1. The van der Waals surface area contributed by atoms with Crippen molar-refractivity contribution in [1.29, 1.82) is 0 Å². The van der Waals surface area contributed by atoms with Crippen molar-refractivity contribution in [2.75, 3.05) is 33.1 Å². The lowest BCUT2D eigenvalue weighted by molar-refractivity contribution is -0.181. The van der Waals surface area contributed by atoms with E-state index in [4.69, 9.17) is 5.73 Å². The molecule has 0 saturated heterocycles. The Hall–Kier alpha value is -3.89. The highest BCUT2D eigenvalue weighted by molar-refractivity contribution is 6.32. The molecule has 3 aliphatic rings. The topological polar surface area (TPSA) is 158 Å². The number of phenolic OH excluding ortho intramolecular Hbond substituents is 1. The van der Waals surface area contributed by atoms with Gasteiger partial charge in [-0.3, -0.25) is 28.9 Å². The average Bonchev–Trinajstić information content (AvgIpc) is 2.85. The number of amides is 1. The number of ketones is 4. The van der Waals surface area contributed by atoms with E-state index >= 15 is 0 Å². The second-order valence-corrected chi connectivity index (χ2v) is 12.2. The van der Waals surface area contributed by atoms with Crippen molar-refractivity contribution < 1.29 is 34.2 Å². The molecule has 3 aliphatic carbocycles. The lowest BCUT2D eigenvalue weighted by atomic mass is 9.52. The number of aliphatic hydroxyl groups is 1. The second kappa shape index (κ2) is 9.60. The molecule has 2 saturated carbocycles. The third-order valence-corrected chi connectivity index (χ3v) is 9.05. The average molecular weight is 562 g/mol. The second-order valence-electron chi connectivity index (χ2n) is 12.2. The monoisotopic (exact) mass is 561 g/mol. The fourth-order valence-electron chi connectivity index (χ4n) is 7.40. The minimum atomic E-state index is -2.75. The highest BCUT2D eigenvalue weighted by atomic mass is 16.3. The van der Waals surface area contributed by atoms with Crippen molar-refractivity contribution in [3.05, 3.63) is 46.5 Å². The molecule has 0 radical (unpaired) electrons. The van der Waals surface area contributed by atoms with Crippen molar-refractivity contribution in [3.63, 3.8) is 0 Å². The number of carbonyl (C=O) groups excluding carboxylic acids is 5. The van der Waals surface area contributed by atoms with Crippen molar-refractivity contribution in [2.45, 2.75) is 38.3 Å². The first kappa shape index (κ1) is 28.6. The van der Waals surface area contributed by atoms with Crippen LogP contribution in [0.4, 0.5) is 5.69 Å². The van der Waals surface area contributed by atoms with Gasteiger partial charge in [-0.1, -0.05) is 29.3 Å². The molecule has 0 heterocycles.